The molecule has 4 heteroatoms. The number of halogens is 2. The summed E-state index contributed by atoms with van der Waals surface area (Å²) >= 11 is 0. The van der Waals surface area contributed by atoms with E-state index < -0.39 is 12.5 Å². The Morgan fingerprint density at radius 3 is 2.08 bits per heavy atom. The molecule has 0 spiro atoms. The number of Topliss-reactive ketones (excluding diaryl/α,β-unsaturated/α-hetero) is 1. The SMILES string of the molecule is CC.CC(=O)CNCC(C)(F)F. The third-order valence-electron chi connectivity index (χ3n) is 0.809. The van der Waals surface area contributed by atoms with Crippen LogP contribution in [0.1, 0.15) is 27.7 Å². The zero-order valence-electron chi connectivity index (χ0n) is 8.08. The van der Waals surface area contributed by atoms with Gasteiger partial charge in [-0.05, 0) is 6.92 Å². The Morgan fingerprint density at radius 2 is 1.83 bits per heavy atom. The zero-order chi connectivity index (χ0) is 10.2. The first kappa shape index (κ1) is 14.0. The second-order valence-corrected chi connectivity index (χ2v) is 2.38. The lowest BCUT2D eigenvalue weighted by atomic mass is 10.3. The maximum Gasteiger partial charge on any atom is 0.257 e. The molecule has 0 aromatic heterocycles. The van der Waals surface area contributed by atoms with Crippen molar-refractivity contribution in [2.45, 2.75) is 33.6 Å². The van der Waals surface area contributed by atoms with Gasteiger partial charge in [0.25, 0.3) is 5.92 Å². The van der Waals surface area contributed by atoms with Crippen LogP contribution in [0.15, 0.2) is 0 Å². The van der Waals surface area contributed by atoms with Gasteiger partial charge in [-0.3, -0.25) is 4.79 Å². The highest BCUT2D eigenvalue weighted by Crippen LogP contribution is 2.08. The Morgan fingerprint density at radius 1 is 1.42 bits per heavy atom. The van der Waals surface area contributed by atoms with E-state index in [4.69, 9.17) is 0 Å². The molecule has 0 saturated heterocycles. The first-order valence-corrected chi connectivity index (χ1v) is 4.00. The standard InChI is InChI=1S/C6H11F2NO.C2H6/c1-5(10)3-9-4-6(2,7)8;1-2/h9H,3-4H2,1-2H3;1-2H3. The van der Waals surface area contributed by atoms with E-state index in [2.05, 4.69) is 5.32 Å². The van der Waals surface area contributed by atoms with Crippen LogP contribution >= 0.6 is 0 Å². The van der Waals surface area contributed by atoms with Gasteiger partial charge in [-0.15, -0.1) is 0 Å². The molecule has 0 aliphatic heterocycles. The Balaban J connectivity index is 0. The minimum Gasteiger partial charge on any atom is -0.304 e. The molecule has 0 fully saturated rings. The summed E-state index contributed by atoms with van der Waals surface area (Å²) in [6, 6.07) is 0. The summed E-state index contributed by atoms with van der Waals surface area (Å²) in [6.07, 6.45) is 0. The van der Waals surface area contributed by atoms with Crippen molar-refractivity contribution in [2.75, 3.05) is 13.1 Å². The van der Waals surface area contributed by atoms with Crippen molar-refractivity contribution in [3.8, 4) is 0 Å². The number of hydrogen-bond donors (Lipinski definition) is 1. The van der Waals surface area contributed by atoms with E-state index in [9.17, 15) is 13.6 Å². The van der Waals surface area contributed by atoms with Crippen LogP contribution in [0.2, 0.25) is 0 Å². The van der Waals surface area contributed by atoms with Crippen molar-refractivity contribution >= 4 is 5.78 Å². The fourth-order valence-electron chi connectivity index (χ4n) is 0.458. The van der Waals surface area contributed by atoms with Gasteiger partial charge in [0.1, 0.15) is 5.78 Å². The molecule has 0 atom stereocenters. The van der Waals surface area contributed by atoms with Crippen LogP contribution in [0.4, 0.5) is 8.78 Å². The molecule has 0 heterocycles. The fraction of sp³-hybridized carbons (Fsp3) is 0.875. The number of nitrogens with one attached hydrogen (secondary N) is 1. The van der Waals surface area contributed by atoms with Gasteiger partial charge in [0.2, 0.25) is 0 Å². The molecule has 0 amide bonds. The van der Waals surface area contributed by atoms with Crippen LogP contribution in [0.5, 0.6) is 0 Å². The molecule has 0 saturated carbocycles. The van der Waals surface area contributed by atoms with Crippen LogP contribution in [0.3, 0.4) is 0 Å². The molecular weight excluding hydrogens is 164 g/mol. The molecule has 0 unspecified atom stereocenters. The molecular formula is C8H17F2NO. The topological polar surface area (TPSA) is 29.1 Å². The lowest BCUT2D eigenvalue weighted by Gasteiger charge is -2.09. The second kappa shape index (κ2) is 7.16. The fourth-order valence-corrected chi connectivity index (χ4v) is 0.458. The number of rotatable bonds is 4. The largest absolute Gasteiger partial charge is 0.304 e. The first-order chi connectivity index (χ1) is 5.42. The van der Waals surface area contributed by atoms with E-state index in [-0.39, 0.29) is 12.3 Å². The lowest BCUT2D eigenvalue weighted by molar-refractivity contribution is -0.116. The average Bonchev–Trinajstić information content (AvgIpc) is 1.88. The molecule has 0 bridgehead atoms. The van der Waals surface area contributed by atoms with Crippen LogP contribution in [-0.2, 0) is 4.79 Å². The number of ketones is 1. The molecule has 12 heavy (non-hydrogen) atoms. The summed E-state index contributed by atoms with van der Waals surface area (Å²) in [7, 11) is 0. The molecule has 2 nitrogen and oxygen atoms in total. The first-order valence-electron chi connectivity index (χ1n) is 4.00. The molecule has 0 aliphatic carbocycles. The van der Waals surface area contributed by atoms with Gasteiger partial charge in [-0.1, -0.05) is 13.8 Å². The van der Waals surface area contributed by atoms with Crippen molar-refractivity contribution in [3.05, 3.63) is 0 Å². The summed E-state index contributed by atoms with van der Waals surface area (Å²) in [5.74, 6) is -2.86. The Kier molecular flexibility index (Phi) is 8.37. The quantitative estimate of drug-likeness (QED) is 0.717. The molecule has 1 N–H and O–H groups in total. The van der Waals surface area contributed by atoms with Crippen molar-refractivity contribution < 1.29 is 13.6 Å². The van der Waals surface area contributed by atoms with Crippen LogP contribution < -0.4 is 5.32 Å². The number of carbonyl (C=O) groups is 1. The third-order valence-corrected chi connectivity index (χ3v) is 0.809. The summed E-state index contributed by atoms with van der Waals surface area (Å²) in [5, 5.41) is 2.33. The number of hydrogen-bond acceptors (Lipinski definition) is 2. The van der Waals surface area contributed by atoms with E-state index in [0.717, 1.165) is 6.92 Å². The molecule has 0 rings (SSSR count). The maximum atomic E-state index is 12.0. The van der Waals surface area contributed by atoms with Crippen LogP contribution in [-0.4, -0.2) is 24.8 Å². The Hall–Kier alpha value is -0.510. The highest BCUT2D eigenvalue weighted by atomic mass is 19.3. The third kappa shape index (κ3) is 16.2. The summed E-state index contributed by atoms with van der Waals surface area (Å²) in [5.41, 5.74) is 0. The predicted molar refractivity (Wildman–Crippen MR) is 45.5 cm³/mol. The van der Waals surface area contributed by atoms with Crippen molar-refractivity contribution in [1.29, 1.82) is 0 Å². The molecule has 0 aromatic carbocycles. The van der Waals surface area contributed by atoms with E-state index in [1.54, 1.807) is 0 Å². The second-order valence-electron chi connectivity index (χ2n) is 2.38. The maximum absolute atomic E-state index is 12.0. The van der Waals surface area contributed by atoms with E-state index in [1.807, 2.05) is 13.8 Å². The van der Waals surface area contributed by atoms with Gasteiger partial charge >= 0.3 is 0 Å². The molecule has 74 valence electrons. The minimum atomic E-state index is -2.73. The summed E-state index contributed by atoms with van der Waals surface area (Å²) in [6.45, 7) is 5.73. The van der Waals surface area contributed by atoms with E-state index in [1.165, 1.54) is 6.92 Å². The normalized spacial score (nSPS) is 10.2. The Bertz CT molecular complexity index is 121. The molecule has 0 aliphatic rings. The van der Waals surface area contributed by atoms with E-state index >= 15 is 0 Å². The van der Waals surface area contributed by atoms with Crippen molar-refractivity contribution in [1.82, 2.24) is 5.32 Å². The van der Waals surface area contributed by atoms with Gasteiger partial charge in [0.05, 0.1) is 13.1 Å². The summed E-state index contributed by atoms with van der Waals surface area (Å²) < 4.78 is 24.0. The van der Waals surface area contributed by atoms with Crippen molar-refractivity contribution in [3.63, 3.8) is 0 Å². The monoisotopic (exact) mass is 181 g/mol. The number of carbonyl (C=O) groups excluding carboxylic acids is 1. The van der Waals surface area contributed by atoms with E-state index in [0.29, 0.717) is 0 Å². The van der Waals surface area contributed by atoms with Crippen LogP contribution in [0, 0.1) is 0 Å². The Labute approximate surface area is 72.3 Å². The summed E-state index contributed by atoms with van der Waals surface area (Å²) in [4.78, 5) is 10.2. The van der Waals surface area contributed by atoms with Crippen molar-refractivity contribution in [2.24, 2.45) is 0 Å². The highest BCUT2D eigenvalue weighted by molar-refractivity contribution is 5.77. The number of alkyl halides is 2. The average molecular weight is 181 g/mol. The molecule has 0 aromatic rings. The zero-order valence-corrected chi connectivity index (χ0v) is 8.08. The smallest absolute Gasteiger partial charge is 0.257 e. The van der Waals surface area contributed by atoms with Gasteiger partial charge in [-0.2, -0.15) is 0 Å². The highest BCUT2D eigenvalue weighted by Gasteiger charge is 2.19. The van der Waals surface area contributed by atoms with Gasteiger partial charge in [0.15, 0.2) is 0 Å². The van der Waals surface area contributed by atoms with Crippen LogP contribution in [0.25, 0.3) is 0 Å². The predicted octanol–water partition coefficient (Wildman–Crippen LogP) is 1.85. The van der Waals surface area contributed by atoms with Gasteiger partial charge < -0.3 is 5.32 Å². The minimum absolute atomic E-state index is 0.0173. The van der Waals surface area contributed by atoms with Gasteiger partial charge in [0, 0.05) is 6.92 Å². The molecule has 0 radical (unpaired) electrons. The van der Waals surface area contributed by atoms with Gasteiger partial charge in [-0.25, -0.2) is 8.78 Å². The lowest BCUT2D eigenvalue weighted by Crippen LogP contribution is -2.32.